The number of benzene rings is 2. The molecular weight excluding hydrogens is 381 g/mol. The molecule has 2 aromatic heterocycles. The number of carbonyl (C=O) groups is 1. The predicted molar refractivity (Wildman–Crippen MR) is 105 cm³/mol. The SMILES string of the molecule is Cc1ccc(-c2cc(C(=O)Nc3ccc(F)cc3)n(-c3ccccc3Cl)n2)o1. The molecule has 0 saturated carbocycles. The third-order valence-electron chi connectivity index (χ3n) is 4.12. The highest BCUT2D eigenvalue weighted by atomic mass is 35.5. The Bertz CT molecular complexity index is 1150. The van der Waals surface area contributed by atoms with Gasteiger partial charge in [0.25, 0.3) is 5.91 Å². The van der Waals surface area contributed by atoms with Crippen molar-refractivity contribution in [2.75, 3.05) is 5.32 Å². The number of hydrogen-bond donors (Lipinski definition) is 1. The summed E-state index contributed by atoms with van der Waals surface area (Å²) in [5, 5.41) is 7.71. The quantitative estimate of drug-likeness (QED) is 0.497. The van der Waals surface area contributed by atoms with E-state index >= 15 is 0 Å². The predicted octanol–water partition coefficient (Wildman–Crippen LogP) is 5.49. The second kappa shape index (κ2) is 7.32. The maximum Gasteiger partial charge on any atom is 0.274 e. The molecule has 28 heavy (non-hydrogen) atoms. The van der Waals surface area contributed by atoms with Gasteiger partial charge in [-0.2, -0.15) is 5.10 Å². The summed E-state index contributed by atoms with van der Waals surface area (Å²) in [4.78, 5) is 12.9. The van der Waals surface area contributed by atoms with Crippen molar-refractivity contribution in [2.45, 2.75) is 6.92 Å². The van der Waals surface area contributed by atoms with Crippen LogP contribution in [0.5, 0.6) is 0 Å². The lowest BCUT2D eigenvalue weighted by molar-refractivity contribution is 0.101. The Morgan fingerprint density at radius 1 is 1.11 bits per heavy atom. The summed E-state index contributed by atoms with van der Waals surface area (Å²) in [5.74, 6) is 0.488. The Balaban J connectivity index is 1.77. The summed E-state index contributed by atoms with van der Waals surface area (Å²) in [6, 6.07) is 17.8. The molecule has 5 nitrogen and oxygen atoms in total. The summed E-state index contributed by atoms with van der Waals surface area (Å²) in [6.45, 7) is 1.83. The molecule has 1 N–H and O–H groups in total. The highest BCUT2D eigenvalue weighted by molar-refractivity contribution is 6.32. The number of hydrogen-bond acceptors (Lipinski definition) is 3. The Morgan fingerprint density at radius 2 is 1.86 bits per heavy atom. The number of furan rings is 1. The highest BCUT2D eigenvalue weighted by Gasteiger charge is 2.20. The van der Waals surface area contributed by atoms with Gasteiger partial charge in [-0.25, -0.2) is 9.07 Å². The minimum atomic E-state index is -0.409. The van der Waals surface area contributed by atoms with Gasteiger partial charge in [-0.3, -0.25) is 4.79 Å². The Labute approximate surface area is 165 Å². The molecule has 0 spiro atoms. The third-order valence-corrected chi connectivity index (χ3v) is 4.44. The van der Waals surface area contributed by atoms with Crippen molar-refractivity contribution in [2.24, 2.45) is 0 Å². The van der Waals surface area contributed by atoms with Crippen LogP contribution in [0.4, 0.5) is 10.1 Å². The first kappa shape index (κ1) is 18.0. The van der Waals surface area contributed by atoms with Gasteiger partial charge in [-0.15, -0.1) is 0 Å². The van der Waals surface area contributed by atoms with Crippen LogP contribution in [-0.2, 0) is 0 Å². The number of aryl methyl sites for hydroxylation is 1. The average molecular weight is 396 g/mol. The van der Waals surface area contributed by atoms with Crippen LogP contribution in [-0.4, -0.2) is 15.7 Å². The Hall–Kier alpha value is -3.38. The first-order valence-electron chi connectivity index (χ1n) is 8.50. The molecule has 2 heterocycles. The molecule has 0 aliphatic heterocycles. The number of anilines is 1. The van der Waals surface area contributed by atoms with E-state index in [-0.39, 0.29) is 11.5 Å². The van der Waals surface area contributed by atoms with Gasteiger partial charge in [0.15, 0.2) is 5.76 Å². The van der Waals surface area contributed by atoms with Gasteiger partial charge in [0, 0.05) is 11.8 Å². The number of nitrogens with one attached hydrogen (secondary N) is 1. The summed E-state index contributed by atoms with van der Waals surface area (Å²) >= 11 is 6.31. The number of halogens is 2. The van der Waals surface area contributed by atoms with Crippen LogP contribution < -0.4 is 5.32 Å². The number of amides is 1. The monoisotopic (exact) mass is 395 g/mol. The van der Waals surface area contributed by atoms with Gasteiger partial charge in [0.05, 0.1) is 10.7 Å². The van der Waals surface area contributed by atoms with E-state index in [0.29, 0.717) is 27.9 Å². The summed E-state index contributed by atoms with van der Waals surface area (Å²) in [5.41, 5.74) is 1.79. The van der Waals surface area contributed by atoms with Crippen molar-refractivity contribution in [3.05, 3.63) is 89.0 Å². The zero-order chi connectivity index (χ0) is 19.7. The lowest BCUT2D eigenvalue weighted by Gasteiger charge is -2.09. The minimum absolute atomic E-state index is 0.265. The van der Waals surface area contributed by atoms with Crippen molar-refractivity contribution in [1.82, 2.24) is 9.78 Å². The molecule has 0 radical (unpaired) electrons. The summed E-state index contributed by atoms with van der Waals surface area (Å²) in [6.07, 6.45) is 0. The zero-order valence-corrected chi connectivity index (χ0v) is 15.6. The Kier molecular flexibility index (Phi) is 4.71. The first-order chi connectivity index (χ1) is 13.5. The summed E-state index contributed by atoms with van der Waals surface area (Å²) < 4.78 is 20.2. The van der Waals surface area contributed by atoms with Crippen LogP contribution in [0.25, 0.3) is 17.1 Å². The van der Waals surface area contributed by atoms with E-state index in [2.05, 4.69) is 10.4 Å². The van der Waals surface area contributed by atoms with E-state index in [0.717, 1.165) is 5.76 Å². The van der Waals surface area contributed by atoms with Crippen molar-refractivity contribution in [3.8, 4) is 17.1 Å². The smallest absolute Gasteiger partial charge is 0.274 e. The van der Waals surface area contributed by atoms with E-state index in [9.17, 15) is 9.18 Å². The van der Waals surface area contributed by atoms with Gasteiger partial charge in [-0.05, 0) is 55.5 Å². The molecule has 2 aromatic carbocycles. The standard InChI is InChI=1S/C21H15ClFN3O2/c1-13-6-11-20(28-13)17-12-19(21(27)24-15-9-7-14(23)8-10-15)26(25-17)18-5-3-2-4-16(18)22/h2-12H,1H3,(H,24,27). The van der Waals surface area contributed by atoms with Crippen LogP contribution in [0.1, 0.15) is 16.2 Å². The molecular formula is C21H15ClFN3O2. The van der Waals surface area contributed by atoms with E-state index in [1.54, 1.807) is 36.4 Å². The lowest BCUT2D eigenvalue weighted by atomic mass is 10.2. The molecule has 4 aromatic rings. The van der Waals surface area contributed by atoms with Gasteiger partial charge < -0.3 is 9.73 Å². The largest absolute Gasteiger partial charge is 0.460 e. The number of para-hydroxylation sites is 1. The van der Waals surface area contributed by atoms with Crippen LogP contribution in [0.3, 0.4) is 0 Å². The number of rotatable bonds is 4. The van der Waals surface area contributed by atoms with Crippen molar-refractivity contribution < 1.29 is 13.6 Å². The molecule has 140 valence electrons. The average Bonchev–Trinajstić information content (AvgIpc) is 3.30. The molecule has 0 aliphatic rings. The molecule has 7 heteroatoms. The van der Waals surface area contributed by atoms with Crippen LogP contribution in [0.15, 0.2) is 71.1 Å². The fourth-order valence-electron chi connectivity index (χ4n) is 2.77. The number of carbonyl (C=O) groups excluding carboxylic acids is 1. The molecule has 0 unspecified atom stereocenters. The van der Waals surface area contributed by atoms with E-state index in [1.165, 1.54) is 28.9 Å². The fraction of sp³-hybridized carbons (Fsp3) is 0.0476. The van der Waals surface area contributed by atoms with E-state index in [4.69, 9.17) is 16.0 Å². The van der Waals surface area contributed by atoms with E-state index < -0.39 is 5.91 Å². The lowest BCUT2D eigenvalue weighted by Crippen LogP contribution is -2.17. The molecule has 0 aliphatic carbocycles. The van der Waals surface area contributed by atoms with Gasteiger partial charge in [-0.1, -0.05) is 23.7 Å². The van der Waals surface area contributed by atoms with E-state index in [1.807, 2.05) is 13.0 Å². The van der Waals surface area contributed by atoms with Crippen LogP contribution in [0, 0.1) is 12.7 Å². The maximum absolute atomic E-state index is 13.1. The molecule has 4 rings (SSSR count). The minimum Gasteiger partial charge on any atom is -0.460 e. The van der Waals surface area contributed by atoms with Crippen molar-refractivity contribution >= 4 is 23.2 Å². The summed E-state index contributed by atoms with van der Waals surface area (Å²) in [7, 11) is 0. The Morgan fingerprint density at radius 3 is 2.54 bits per heavy atom. The molecule has 1 amide bonds. The highest BCUT2D eigenvalue weighted by Crippen LogP contribution is 2.27. The normalized spacial score (nSPS) is 10.8. The van der Waals surface area contributed by atoms with Crippen molar-refractivity contribution in [3.63, 3.8) is 0 Å². The third kappa shape index (κ3) is 3.54. The zero-order valence-electron chi connectivity index (χ0n) is 14.8. The number of nitrogens with zero attached hydrogens (tertiary/aromatic N) is 2. The molecule has 0 bridgehead atoms. The van der Waals surface area contributed by atoms with Crippen LogP contribution in [0.2, 0.25) is 5.02 Å². The topological polar surface area (TPSA) is 60.1 Å². The second-order valence-electron chi connectivity index (χ2n) is 6.15. The molecule has 0 fully saturated rings. The fourth-order valence-corrected chi connectivity index (χ4v) is 2.99. The van der Waals surface area contributed by atoms with Gasteiger partial charge >= 0.3 is 0 Å². The van der Waals surface area contributed by atoms with Crippen LogP contribution >= 0.6 is 11.6 Å². The van der Waals surface area contributed by atoms with Gasteiger partial charge in [0.2, 0.25) is 0 Å². The van der Waals surface area contributed by atoms with Gasteiger partial charge in [0.1, 0.15) is 23.0 Å². The molecule has 0 saturated heterocycles. The maximum atomic E-state index is 13.1. The first-order valence-corrected chi connectivity index (χ1v) is 8.88. The second-order valence-corrected chi connectivity index (χ2v) is 6.56. The van der Waals surface area contributed by atoms with Crippen molar-refractivity contribution in [1.29, 1.82) is 0 Å². The molecule has 0 atom stereocenters. The number of aromatic nitrogens is 2.